The molecule has 0 aromatic carbocycles. The van der Waals surface area contributed by atoms with E-state index >= 15 is 0 Å². The Hall–Kier alpha value is -3.67. The third-order valence-electron chi connectivity index (χ3n) is 11.3. The van der Waals surface area contributed by atoms with Crippen LogP contribution in [0.25, 0.3) is 0 Å². The first-order valence-corrected chi connectivity index (χ1v) is 24.9. The van der Waals surface area contributed by atoms with Gasteiger partial charge in [0.2, 0.25) is 17.7 Å². The van der Waals surface area contributed by atoms with Crippen LogP contribution in [-0.2, 0) is 47.7 Å². The van der Waals surface area contributed by atoms with Gasteiger partial charge in [0.05, 0.1) is 63.8 Å². The number of nitrogens with zero attached hydrogens (tertiary/aromatic N) is 1. The molecule has 0 radical (unpaired) electrons. The quantitative estimate of drug-likeness (QED) is 0.0257. The van der Waals surface area contributed by atoms with Crippen molar-refractivity contribution in [2.75, 3.05) is 97.1 Å². The van der Waals surface area contributed by atoms with Gasteiger partial charge < -0.3 is 60.9 Å². The molecule has 7 unspecified atom stereocenters. The summed E-state index contributed by atoms with van der Waals surface area (Å²) in [7, 11) is 0. The molecule has 0 spiro atoms. The third-order valence-corrected chi connectivity index (χ3v) is 14.3. The van der Waals surface area contributed by atoms with Crippen molar-refractivity contribution >= 4 is 65.1 Å². The maximum atomic E-state index is 12.3. The molecule has 5 aliphatic rings. The minimum absolute atomic E-state index is 0.00612. The number of carbonyl (C=O) groups is 7. The first-order chi connectivity index (χ1) is 31.2. The summed E-state index contributed by atoms with van der Waals surface area (Å²) in [5.41, 5.74) is 0. The van der Waals surface area contributed by atoms with E-state index in [1.54, 1.807) is 11.8 Å². The molecule has 0 aromatic heterocycles. The summed E-state index contributed by atoms with van der Waals surface area (Å²) in [6.45, 7) is 4.95. The van der Waals surface area contributed by atoms with E-state index in [1.807, 2.05) is 11.8 Å². The van der Waals surface area contributed by atoms with Gasteiger partial charge in [-0.2, -0.15) is 23.5 Å². The summed E-state index contributed by atoms with van der Waals surface area (Å²) < 4.78 is 29.1. The van der Waals surface area contributed by atoms with Crippen LogP contribution in [0.4, 0.5) is 9.59 Å². The summed E-state index contributed by atoms with van der Waals surface area (Å²) in [5.74, 6) is 0.949. The van der Waals surface area contributed by atoms with Gasteiger partial charge in [-0.25, -0.2) is 9.59 Å². The maximum absolute atomic E-state index is 12.3. The highest BCUT2D eigenvalue weighted by Crippen LogP contribution is 2.34. The molecule has 0 aromatic rings. The molecular formula is C42H68N8O12S2. The summed E-state index contributed by atoms with van der Waals surface area (Å²) >= 11 is 3.68. The van der Waals surface area contributed by atoms with Crippen LogP contribution in [0.1, 0.15) is 70.6 Å². The van der Waals surface area contributed by atoms with Crippen LogP contribution < -0.4 is 37.2 Å². The number of carbonyl (C=O) groups excluding carboxylic acids is 7. The fourth-order valence-corrected chi connectivity index (χ4v) is 10.9. The second-order valence-corrected chi connectivity index (χ2v) is 18.8. The first-order valence-electron chi connectivity index (χ1n) is 22.8. The maximum Gasteiger partial charge on any atom is 0.315 e. The average molecular weight is 941 g/mol. The Kier molecular flexibility index (Phi) is 23.3. The molecule has 0 aliphatic carbocycles. The third kappa shape index (κ3) is 18.7. The highest BCUT2D eigenvalue weighted by molar-refractivity contribution is 8.00. The number of hydrogen-bond acceptors (Lipinski definition) is 14. The Morgan fingerprint density at radius 2 is 1.06 bits per heavy atom. The Balaban J connectivity index is 0.858. The number of urea groups is 2. The molecule has 9 amide bonds. The molecule has 360 valence electrons. The number of thioether (sulfide) groups is 2. The van der Waals surface area contributed by atoms with Crippen LogP contribution in [0.15, 0.2) is 12.2 Å². The molecule has 20 nitrogen and oxygen atoms in total. The number of unbranched alkanes of at least 4 members (excludes halogenated alkanes) is 1. The zero-order valence-corrected chi connectivity index (χ0v) is 38.4. The number of ether oxygens (including phenoxy) is 5. The molecule has 7 atom stereocenters. The van der Waals surface area contributed by atoms with Crippen LogP contribution in [0, 0.1) is 0 Å². The van der Waals surface area contributed by atoms with E-state index in [4.69, 9.17) is 23.7 Å². The Morgan fingerprint density at radius 1 is 0.578 bits per heavy atom. The molecule has 7 N–H and O–H groups in total. The van der Waals surface area contributed by atoms with Gasteiger partial charge in [-0.05, 0) is 44.9 Å². The van der Waals surface area contributed by atoms with Crippen LogP contribution >= 0.6 is 23.5 Å². The van der Waals surface area contributed by atoms with Gasteiger partial charge in [-0.15, -0.1) is 0 Å². The second kappa shape index (κ2) is 29.1. The largest absolute Gasteiger partial charge is 0.379 e. The second-order valence-electron chi connectivity index (χ2n) is 16.3. The topological polar surface area (TPSA) is 253 Å². The average Bonchev–Trinajstić information content (AvgIpc) is 4.09. The minimum atomic E-state index is -0.366. The molecule has 5 heterocycles. The van der Waals surface area contributed by atoms with Crippen LogP contribution in [0.3, 0.4) is 0 Å². The Bertz CT molecular complexity index is 1550. The van der Waals surface area contributed by atoms with Crippen LogP contribution in [-0.4, -0.2) is 184 Å². The van der Waals surface area contributed by atoms with E-state index in [0.29, 0.717) is 110 Å². The first kappa shape index (κ1) is 51.3. The molecule has 64 heavy (non-hydrogen) atoms. The Labute approximate surface area is 384 Å². The van der Waals surface area contributed by atoms with Crippen molar-refractivity contribution in [2.24, 2.45) is 0 Å². The number of hydrogen-bond donors (Lipinski definition) is 7. The SMILES string of the molecule is O=C(CCCCC1SCC2NC(=O)NC21)NCCCOCCOC(COCCCNC(=O)CCCN1C(=O)C=CC1=O)COCCOCCCNC(=O)CCC1SCC2NC(=O)NC21. The lowest BCUT2D eigenvalue weighted by Crippen LogP contribution is -2.37. The number of rotatable bonds is 35. The van der Waals surface area contributed by atoms with E-state index in [9.17, 15) is 33.6 Å². The van der Waals surface area contributed by atoms with Crippen molar-refractivity contribution < 1.29 is 57.2 Å². The predicted molar refractivity (Wildman–Crippen MR) is 240 cm³/mol. The van der Waals surface area contributed by atoms with Crippen LogP contribution in [0.2, 0.25) is 0 Å². The number of imide groups is 1. The van der Waals surface area contributed by atoms with Gasteiger partial charge in [0.15, 0.2) is 0 Å². The van der Waals surface area contributed by atoms with Gasteiger partial charge in [0, 0.05) is 99.4 Å². The zero-order valence-electron chi connectivity index (χ0n) is 36.7. The van der Waals surface area contributed by atoms with Gasteiger partial charge in [0.25, 0.3) is 11.8 Å². The number of fused-ring (bicyclic) bond motifs is 2. The van der Waals surface area contributed by atoms with Crippen LogP contribution in [0.5, 0.6) is 0 Å². The zero-order chi connectivity index (χ0) is 45.4. The Morgan fingerprint density at radius 3 is 1.66 bits per heavy atom. The molecule has 5 aliphatic heterocycles. The lowest BCUT2D eigenvalue weighted by molar-refractivity contribution is -0.137. The van der Waals surface area contributed by atoms with Crippen molar-refractivity contribution in [3.8, 4) is 0 Å². The number of nitrogens with one attached hydrogen (secondary N) is 7. The van der Waals surface area contributed by atoms with Gasteiger partial charge in [-0.3, -0.25) is 28.9 Å². The normalized spacial score (nSPS) is 23.7. The summed E-state index contributed by atoms with van der Waals surface area (Å²) in [6, 6.07) is 0.429. The number of amides is 9. The monoisotopic (exact) mass is 940 g/mol. The van der Waals surface area contributed by atoms with E-state index in [1.165, 1.54) is 12.2 Å². The van der Waals surface area contributed by atoms with Gasteiger partial charge in [0.1, 0.15) is 6.10 Å². The lowest BCUT2D eigenvalue weighted by Gasteiger charge is -2.19. The van der Waals surface area contributed by atoms with E-state index < -0.39 is 0 Å². The van der Waals surface area contributed by atoms with E-state index in [0.717, 1.165) is 42.1 Å². The highest BCUT2D eigenvalue weighted by Gasteiger charge is 2.43. The fourth-order valence-electron chi connectivity index (χ4n) is 7.88. The summed E-state index contributed by atoms with van der Waals surface area (Å²) in [4.78, 5) is 84.4. The van der Waals surface area contributed by atoms with Gasteiger partial charge >= 0.3 is 12.1 Å². The predicted octanol–water partition coefficient (Wildman–Crippen LogP) is 0.334. The van der Waals surface area contributed by atoms with Gasteiger partial charge in [-0.1, -0.05) is 6.42 Å². The molecular weight excluding hydrogens is 873 g/mol. The molecule has 0 saturated carbocycles. The summed E-state index contributed by atoms with van der Waals surface area (Å²) in [5, 5.41) is 21.2. The summed E-state index contributed by atoms with van der Waals surface area (Å²) in [6.07, 6.45) is 8.95. The fraction of sp³-hybridized carbons (Fsp3) is 0.786. The van der Waals surface area contributed by atoms with Crippen molar-refractivity contribution in [3.05, 3.63) is 12.2 Å². The van der Waals surface area contributed by atoms with E-state index in [2.05, 4.69) is 37.2 Å². The van der Waals surface area contributed by atoms with Crippen molar-refractivity contribution in [1.82, 2.24) is 42.1 Å². The standard InChI is InChI=1S/C42H68N8O12S2/c51-34(8-2-1-7-32-39-30(27-63-32)46-41(56)48-39)43-14-4-19-59-23-24-62-29(25-60-20-6-16-44-35(52)9-3-17-50-37(54)12-13-38(50)55)26-61-22-21-58-18-5-15-45-36(53)11-10-33-40-31(28-64-33)47-42(57)49-40/h12-13,29-33,39-40H,1-11,14-28H2,(H,43,51)(H,44,52)(H,45,53)(H2,46,48,56)(H2,47,49,57). The van der Waals surface area contributed by atoms with Crippen molar-refractivity contribution in [2.45, 2.75) is 111 Å². The smallest absolute Gasteiger partial charge is 0.315 e. The molecule has 5 rings (SSSR count). The molecule has 4 fully saturated rings. The molecule has 0 bridgehead atoms. The molecule has 4 saturated heterocycles. The highest BCUT2D eigenvalue weighted by atomic mass is 32.2. The van der Waals surface area contributed by atoms with Crippen molar-refractivity contribution in [3.63, 3.8) is 0 Å². The lowest BCUT2D eigenvalue weighted by atomic mass is 10.0. The molecule has 22 heteroatoms. The van der Waals surface area contributed by atoms with E-state index in [-0.39, 0.29) is 103 Å². The minimum Gasteiger partial charge on any atom is -0.379 e. The van der Waals surface area contributed by atoms with Crippen molar-refractivity contribution in [1.29, 1.82) is 0 Å².